The summed E-state index contributed by atoms with van der Waals surface area (Å²) >= 11 is 0. The van der Waals surface area contributed by atoms with E-state index in [1.165, 1.54) is 19.3 Å². The first-order chi connectivity index (χ1) is 7.84. The molecule has 1 unspecified atom stereocenters. The Kier molecular flexibility index (Phi) is 2.40. The zero-order chi connectivity index (χ0) is 11.0. The number of hydrogen-bond acceptors (Lipinski definition) is 2. The third-order valence-corrected chi connectivity index (χ3v) is 3.60. The molecule has 3 heteroatoms. The van der Waals surface area contributed by atoms with E-state index >= 15 is 0 Å². The number of hydrogen-bond donors (Lipinski definition) is 1. The zero-order valence-electron chi connectivity index (χ0n) is 9.21. The molecule has 0 saturated heterocycles. The topological polar surface area (TPSA) is 37.5 Å². The number of rotatable bonds is 3. The van der Waals surface area contributed by atoms with Crippen molar-refractivity contribution in [2.75, 3.05) is 0 Å². The van der Waals surface area contributed by atoms with Crippen LogP contribution >= 0.6 is 0 Å². The molecule has 0 bridgehead atoms. The molecule has 1 saturated carbocycles. The molecular formula is C13H16N2O. The Balaban J connectivity index is 1.86. The number of aliphatic hydroxyl groups excluding tert-OH is 1. The molecule has 1 N–H and O–H groups in total. The molecule has 0 aromatic carbocycles. The third-order valence-electron chi connectivity index (χ3n) is 3.60. The van der Waals surface area contributed by atoms with Gasteiger partial charge in [0.05, 0.1) is 17.8 Å². The first-order valence-electron chi connectivity index (χ1n) is 5.95. The van der Waals surface area contributed by atoms with Gasteiger partial charge in [-0.25, -0.2) is 4.52 Å². The van der Waals surface area contributed by atoms with Crippen molar-refractivity contribution in [1.82, 2.24) is 9.61 Å². The molecule has 3 nitrogen and oxygen atoms in total. The highest BCUT2D eigenvalue weighted by Crippen LogP contribution is 2.35. The molecule has 0 aliphatic heterocycles. The van der Waals surface area contributed by atoms with Crippen molar-refractivity contribution < 1.29 is 5.11 Å². The molecule has 0 radical (unpaired) electrons. The van der Waals surface area contributed by atoms with Gasteiger partial charge in [0.1, 0.15) is 0 Å². The summed E-state index contributed by atoms with van der Waals surface area (Å²) < 4.78 is 1.82. The average molecular weight is 216 g/mol. The van der Waals surface area contributed by atoms with E-state index in [2.05, 4.69) is 5.10 Å². The summed E-state index contributed by atoms with van der Waals surface area (Å²) in [5.74, 6) is 0.716. The number of aliphatic hydroxyl groups is 1. The summed E-state index contributed by atoms with van der Waals surface area (Å²) in [5.41, 5.74) is 1.99. The normalized spacial score (nSPS) is 18.6. The van der Waals surface area contributed by atoms with Gasteiger partial charge >= 0.3 is 0 Å². The molecule has 2 aromatic heterocycles. The summed E-state index contributed by atoms with van der Waals surface area (Å²) in [7, 11) is 0. The SMILES string of the molecule is OC(CC1CCC1)c1cnn2ccccc12. The van der Waals surface area contributed by atoms with Crippen molar-refractivity contribution in [2.24, 2.45) is 5.92 Å². The summed E-state index contributed by atoms with van der Waals surface area (Å²) in [6.07, 6.45) is 8.10. The molecule has 84 valence electrons. The van der Waals surface area contributed by atoms with Crippen LogP contribution in [0.2, 0.25) is 0 Å². The smallest absolute Gasteiger partial charge is 0.0829 e. The van der Waals surface area contributed by atoms with Gasteiger partial charge in [-0.3, -0.25) is 0 Å². The second kappa shape index (κ2) is 3.91. The predicted molar refractivity (Wildman–Crippen MR) is 62.1 cm³/mol. The lowest BCUT2D eigenvalue weighted by atomic mass is 9.80. The van der Waals surface area contributed by atoms with E-state index in [1.807, 2.05) is 28.9 Å². The second-order valence-corrected chi connectivity index (χ2v) is 4.68. The third kappa shape index (κ3) is 1.61. The van der Waals surface area contributed by atoms with Crippen molar-refractivity contribution in [3.63, 3.8) is 0 Å². The van der Waals surface area contributed by atoms with Crippen LogP contribution < -0.4 is 0 Å². The minimum Gasteiger partial charge on any atom is -0.388 e. The molecule has 2 heterocycles. The van der Waals surface area contributed by atoms with Gasteiger partial charge in [-0.1, -0.05) is 25.3 Å². The van der Waals surface area contributed by atoms with E-state index in [1.54, 1.807) is 6.20 Å². The minimum atomic E-state index is -0.356. The van der Waals surface area contributed by atoms with Crippen molar-refractivity contribution >= 4 is 5.52 Å². The Bertz CT molecular complexity index is 487. The molecular weight excluding hydrogens is 200 g/mol. The fourth-order valence-corrected chi connectivity index (χ4v) is 2.38. The maximum absolute atomic E-state index is 10.2. The maximum atomic E-state index is 10.2. The van der Waals surface area contributed by atoms with Crippen LogP contribution in [0.3, 0.4) is 0 Å². The van der Waals surface area contributed by atoms with Gasteiger partial charge in [-0.05, 0) is 24.5 Å². The molecule has 2 aromatic rings. The maximum Gasteiger partial charge on any atom is 0.0829 e. The summed E-state index contributed by atoms with van der Waals surface area (Å²) in [6, 6.07) is 5.94. The van der Waals surface area contributed by atoms with E-state index in [-0.39, 0.29) is 6.10 Å². The first-order valence-corrected chi connectivity index (χ1v) is 5.95. The van der Waals surface area contributed by atoms with Crippen molar-refractivity contribution in [3.8, 4) is 0 Å². The Morgan fingerprint density at radius 1 is 1.44 bits per heavy atom. The summed E-state index contributed by atoms with van der Waals surface area (Å²) in [6.45, 7) is 0. The fraction of sp³-hybridized carbons (Fsp3) is 0.462. The van der Waals surface area contributed by atoms with Crippen LogP contribution in [0.25, 0.3) is 5.52 Å². The van der Waals surface area contributed by atoms with Crippen LogP contribution in [0.5, 0.6) is 0 Å². The number of pyridine rings is 1. The lowest BCUT2D eigenvalue weighted by Gasteiger charge is -2.27. The summed E-state index contributed by atoms with van der Waals surface area (Å²) in [4.78, 5) is 0. The summed E-state index contributed by atoms with van der Waals surface area (Å²) in [5, 5.41) is 14.4. The minimum absolute atomic E-state index is 0.356. The Hall–Kier alpha value is -1.35. The highest BCUT2D eigenvalue weighted by molar-refractivity contribution is 5.54. The lowest BCUT2D eigenvalue weighted by molar-refractivity contribution is 0.119. The monoisotopic (exact) mass is 216 g/mol. The van der Waals surface area contributed by atoms with Crippen LogP contribution in [-0.2, 0) is 0 Å². The molecule has 0 spiro atoms. The number of aromatic nitrogens is 2. The fourth-order valence-electron chi connectivity index (χ4n) is 2.38. The van der Waals surface area contributed by atoms with Gasteiger partial charge in [0.15, 0.2) is 0 Å². The van der Waals surface area contributed by atoms with Gasteiger partial charge in [-0.15, -0.1) is 0 Å². The lowest BCUT2D eigenvalue weighted by Crippen LogP contribution is -2.14. The Labute approximate surface area is 94.7 Å². The average Bonchev–Trinajstić information content (AvgIpc) is 2.67. The predicted octanol–water partition coefficient (Wildman–Crippen LogP) is 2.56. The Morgan fingerprint density at radius 3 is 3.06 bits per heavy atom. The first kappa shape index (κ1) is 9.85. The number of nitrogens with zero attached hydrogens (tertiary/aromatic N) is 2. The van der Waals surface area contributed by atoms with Crippen LogP contribution in [0.1, 0.15) is 37.4 Å². The van der Waals surface area contributed by atoms with Crippen LogP contribution in [0.15, 0.2) is 30.6 Å². The highest BCUT2D eigenvalue weighted by atomic mass is 16.3. The number of fused-ring (bicyclic) bond motifs is 1. The standard InChI is InChI=1S/C13H16N2O/c16-13(8-10-4-3-5-10)11-9-14-15-7-2-1-6-12(11)15/h1-2,6-7,9-10,13,16H,3-5,8H2. The van der Waals surface area contributed by atoms with Gasteiger partial charge in [-0.2, -0.15) is 5.10 Å². The largest absolute Gasteiger partial charge is 0.388 e. The van der Waals surface area contributed by atoms with E-state index < -0.39 is 0 Å². The van der Waals surface area contributed by atoms with E-state index in [0.717, 1.165) is 17.5 Å². The van der Waals surface area contributed by atoms with Crippen molar-refractivity contribution in [2.45, 2.75) is 31.8 Å². The molecule has 3 rings (SSSR count). The van der Waals surface area contributed by atoms with E-state index in [4.69, 9.17) is 0 Å². The molecule has 1 atom stereocenters. The Morgan fingerprint density at radius 2 is 2.31 bits per heavy atom. The molecule has 1 aliphatic carbocycles. The van der Waals surface area contributed by atoms with Crippen molar-refractivity contribution in [1.29, 1.82) is 0 Å². The second-order valence-electron chi connectivity index (χ2n) is 4.68. The van der Waals surface area contributed by atoms with Crippen LogP contribution in [-0.4, -0.2) is 14.7 Å². The zero-order valence-corrected chi connectivity index (χ0v) is 9.21. The van der Waals surface area contributed by atoms with E-state index in [0.29, 0.717) is 5.92 Å². The highest BCUT2D eigenvalue weighted by Gasteiger charge is 2.23. The van der Waals surface area contributed by atoms with Gasteiger partial charge < -0.3 is 5.11 Å². The quantitative estimate of drug-likeness (QED) is 0.856. The molecule has 1 fully saturated rings. The van der Waals surface area contributed by atoms with Gasteiger partial charge in [0, 0.05) is 11.8 Å². The molecule has 0 amide bonds. The van der Waals surface area contributed by atoms with E-state index in [9.17, 15) is 5.11 Å². The van der Waals surface area contributed by atoms with Crippen molar-refractivity contribution in [3.05, 3.63) is 36.2 Å². The van der Waals surface area contributed by atoms with Gasteiger partial charge in [0.2, 0.25) is 0 Å². The van der Waals surface area contributed by atoms with Crippen LogP contribution in [0, 0.1) is 5.92 Å². The molecule has 1 aliphatic rings. The molecule has 16 heavy (non-hydrogen) atoms. The van der Waals surface area contributed by atoms with Gasteiger partial charge in [0.25, 0.3) is 0 Å². The van der Waals surface area contributed by atoms with Crippen LogP contribution in [0.4, 0.5) is 0 Å².